The zero-order chi connectivity index (χ0) is 18.6. The lowest BCUT2D eigenvalue weighted by molar-refractivity contribution is 0.0951. The van der Waals surface area contributed by atoms with Crippen molar-refractivity contribution in [1.29, 1.82) is 0 Å². The molecule has 0 bridgehead atoms. The van der Waals surface area contributed by atoms with E-state index in [9.17, 15) is 9.59 Å². The second-order valence-electron chi connectivity index (χ2n) is 7.20. The second kappa shape index (κ2) is 7.90. The second-order valence-corrected chi connectivity index (χ2v) is 7.20. The summed E-state index contributed by atoms with van der Waals surface area (Å²) >= 11 is 0. The van der Waals surface area contributed by atoms with E-state index in [2.05, 4.69) is 15.4 Å². The molecule has 1 fully saturated rings. The van der Waals surface area contributed by atoms with E-state index in [0.717, 1.165) is 43.4 Å². The average Bonchev–Trinajstić information content (AvgIpc) is 3.34. The first-order chi connectivity index (χ1) is 13.2. The van der Waals surface area contributed by atoms with Gasteiger partial charge in [0.05, 0.1) is 17.8 Å². The molecule has 0 spiro atoms. The van der Waals surface area contributed by atoms with Crippen LogP contribution in [0.25, 0.3) is 0 Å². The Kier molecular flexibility index (Phi) is 5.18. The van der Waals surface area contributed by atoms with Crippen LogP contribution in [-0.2, 0) is 19.4 Å². The topological polar surface area (TPSA) is 86.1 Å². The van der Waals surface area contributed by atoms with Gasteiger partial charge in [0.2, 0.25) is 5.88 Å². The van der Waals surface area contributed by atoms with Gasteiger partial charge in [-0.2, -0.15) is 5.10 Å². The number of hydrogen-bond acceptors (Lipinski definition) is 5. The Balaban J connectivity index is 1.30. The molecular weight excluding hydrogens is 344 g/mol. The van der Waals surface area contributed by atoms with Gasteiger partial charge in [0.15, 0.2) is 0 Å². The Hall–Kier alpha value is -2.70. The van der Waals surface area contributed by atoms with Gasteiger partial charge < -0.3 is 10.1 Å². The molecule has 0 radical (unpaired) electrons. The molecule has 7 heteroatoms. The summed E-state index contributed by atoms with van der Waals surface area (Å²) < 4.78 is 7.24. The number of nitrogens with zero attached hydrogens (tertiary/aromatic N) is 3. The van der Waals surface area contributed by atoms with Crippen LogP contribution in [0.5, 0.6) is 5.88 Å². The third-order valence-corrected chi connectivity index (χ3v) is 5.22. The van der Waals surface area contributed by atoms with Gasteiger partial charge in [0.25, 0.3) is 11.5 Å². The first kappa shape index (κ1) is 17.7. The number of carbonyl (C=O) groups is 1. The highest BCUT2D eigenvalue weighted by atomic mass is 16.5. The predicted molar refractivity (Wildman–Crippen MR) is 100.0 cm³/mol. The summed E-state index contributed by atoms with van der Waals surface area (Å²) in [5, 5.41) is 7.22. The Bertz CT molecular complexity index is 870. The Morgan fingerprint density at radius 1 is 1.22 bits per heavy atom. The molecule has 1 N–H and O–H groups in total. The van der Waals surface area contributed by atoms with Crippen molar-refractivity contribution in [2.45, 2.75) is 57.6 Å². The monoisotopic (exact) mass is 368 g/mol. The number of aryl methyl sites for hydroxylation is 2. The molecule has 2 aliphatic rings. The van der Waals surface area contributed by atoms with Crippen LogP contribution in [-0.4, -0.2) is 33.3 Å². The molecule has 7 nitrogen and oxygen atoms in total. The molecule has 0 unspecified atom stereocenters. The first-order valence-electron chi connectivity index (χ1n) is 9.70. The van der Waals surface area contributed by atoms with E-state index in [1.807, 2.05) is 0 Å². The minimum absolute atomic E-state index is 0.111. The van der Waals surface area contributed by atoms with Crippen LogP contribution < -0.4 is 15.6 Å². The molecule has 27 heavy (non-hydrogen) atoms. The average molecular weight is 368 g/mol. The van der Waals surface area contributed by atoms with E-state index < -0.39 is 0 Å². The fraction of sp³-hybridized carbons (Fsp3) is 0.500. The number of aromatic nitrogens is 3. The van der Waals surface area contributed by atoms with Crippen molar-refractivity contribution >= 4 is 5.91 Å². The van der Waals surface area contributed by atoms with Crippen molar-refractivity contribution in [3.8, 4) is 5.88 Å². The largest absolute Gasteiger partial charge is 0.474 e. The Labute approximate surface area is 157 Å². The molecule has 142 valence electrons. The maximum Gasteiger partial charge on any atom is 0.267 e. The van der Waals surface area contributed by atoms with Gasteiger partial charge in [-0.05, 0) is 56.6 Å². The van der Waals surface area contributed by atoms with Crippen LogP contribution in [0.1, 0.15) is 53.7 Å². The number of hydrogen-bond donors (Lipinski definition) is 1. The lowest BCUT2D eigenvalue weighted by Crippen LogP contribution is -2.32. The van der Waals surface area contributed by atoms with Gasteiger partial charge in [0.1, 0.15) is 6.10 Å². The van der Waals surface area contributed by atoms with Crippen molar-refractivity contribution in [3.05, 3.63) is 51.6 Å². The minimum atomic E-state index is -0.218. The maximum atomic E-state index is 12.3. The Morgan fingerprint density at radius 3 is 2.85 bits per heavy atom. The number of fused-ring (bicyclic) bond motifs is 1. The molecule has 2 aliphatic carbocycles. The summed E-state index contributed by atoms with van der Waals surface area (Å²) in [6, 6.07) is 5.12. The lowest BCUT2D eigenvalue weighted by Gasteiger charge is -2.12. The standard InChI is InChI=1S/C20H24N4O3/c25-19-12-14-4-3-7-17(14)23-24(19)11-10-21-20(26)15-8-9-18(22-13-15)27-16-5-1-2-6-16/h8-9,12-13,16H,1-7,10-11H2,(H,21,26). The molecule has 2 aromatic heterocycles. The van der Waals surface area contributed by atoms with Crippen molar-refractivity contribution in [1.82, 2.24) is 20.1 Å². The minimum Gasteiger partial charge on any atom is -0.474 e. The van der Waals surface area contributed by atoms with Crippen LogP contribution in [0.3, 0.4) is 0 Å². The van der Waals surface area contributed by atoms with Crippen LogP contribution in [0.15, 0.2) is 29.2 Å². The third kappa shape index (κ3) is 4.18. The predicted octanol–water partition coefficient (Wildman–Crippen LogP) is 1.88. The van der Waals surface area contributed by atoms with E-state index in [-0.39, 0.29) is 17.6 Å². The molecule has 1 amide bonds. The summed E-state index contributed by atoms with van der Waals surface area (Å²) in [6.45, 7) is 0.693. The van der Waals surface area contributed by atoms with Gasteiger partial charge in [-0.25, -0.2) is 9.67 Å². The van der Waals surface area contributed by atoms with Crippen LogP contribution >= 0.6 is 0 Å². The highest BCUT2D eigenvalue weighted by Gasteiger charge is 2.17. The van der Waals surface area contributed by atoms with E-state index in [0.29, 0.717) is 24.5 Å². The zero-order valence-electron chi connectivity index (χ0n) is 15.3. The lowest BCUT2D eigenvalue weighted by atomic mass is 10.2. The summed E-state index contributed by atoms with van der Waals surface area (Å²) in [5.74, 6) is 0.344. The summed E-state index contributed by atoms with van der Waals surface area (Å²) in [5.41, 5.74) is 2.43. The molecule has 0 saturated heterocycles. The number of pyridine rings is 1. The fourth-order valence-electron chi connectivity index (χ4n) is 3.74. The molecule has 0 aromatic carbocycles. The van der Waals surface area contributed by atoms with Gasteiger partial charge in [0, 0.05) is 24.9 Å². The summed E-state index contributed by atoms with van der Waals surface area (Å²) in [6.07, 6.45) is 9.22. The van der Waals surface area contributed by atoms with Crippen molar-refractivity contribution < 1.29 is 9.53 Å². The van der Waals surface area contributed by atoms with E-state index in [4.69, 9.17) is 4.74 Å². The number of rotatable bonds is 6. The Morgan fingerprint density at radius 2 is 2.07 bits per heavy atom. The maximum absolute atomic E-state index is 12.3. The molecule has 2 heterocycles. The zero-order valence-corrected chi connectivity index (χ0v) is 15.3. The number of ether oxygens (including phenoxy) is 1. The molecule has 2 aromatic rings. The van der Waals surface area contributed by atoms with E-state index in [1.165, 1.54) is 23.7 Å². The quantitative estimate of drug-likeness (QED) is 0.841. The van der Waals surface area contributed by atoms with Crippen LogP contribution in [0, 0.1) is 0 Å². The smallest absolute Gasteiger partial charge is 0.267 e. The van der Waals surface area contributed by atoms with Gasteiger partial charge in [-0.3, -0.25) is 9.59 Å². The highest BCUT2D eigenvalue weighted by Crippen LogP contribution is 2.22. The van der Waals surface area contributed by atoms with Gasteiger partial charge in [-0.1, -0.05) is 0 Å². The molecular formula is C20H24N4O3. The van der Waals surface area contributed by atoms with Crippen molar-refractivity contribution in [2.24, 2.45) is 0 Å². The molecule has 1 saturated carbocycles. The third-order valence-electron chi connectivity index (χ3n) is 5.22. The van der Waals surface area contributed by atoms with E-state index >= 15 is 0 Å². The van der Waals surface area contributed by atoms with Gasteiger partial charge in [-0.15, -0.1) is 0 Å². The van der Waals surface area contributed by atoms with Crippen molar-refractivity contribution in [2.75, 3.05) is 6.54 Å². The van der Waals surface area contributed by atoms with Crippen LogP contribution in [0.2, 0.25) is 0 Å². The number of nitrogens with one attached hydrogen (secondary N) is 1. The van der Waals surface area contributed by atoms with Gasteiger partial charge >= 0.3 is 0 Å². The normalized spacial score (nSPS) is 16.3. The van der Waals surface area contributed by atoms with Crippen LogP contribution in [0.4, 0.5) is 0 Å². The highest BCUT2D eigenvalue weighted by molar-refractivity contribution is 5.93. The number of carbonyl (C=O) groups excluding carboxylic acids is 1. The number of amides is 1. The molecule has 4 rings (SSSR count). The molecule has 0 atom stereocenters. The first-order valence-corrected chi connectivity index (χ1v) is 9.70. The van der Waals surface area contributed by atoms with Crippen molar-refractivity contribution in [3.63, 3.8) is 0 Å². The summed E-state index contributed by atoms with van der Waals surface area (Å²) in [4.78, 5) is 28.6. The van der Waals surface area contributed by atoms with E-state index in [1.54, 1.807) is 18.2 Å². The SMILES string of the molecule is O=C(NCCn1nc2c(cc1=O)CCC2)c1ccc(OC2CCCC2)nc1. The fourth-order valence-corrected chi connectivity index (χ4v) is 3.74. The molecule has 0 aliphatic heterocycles. The summed E-state index contributed by atoms with van der Waals surface area (Å²) in [7, 11) is 0.